The van der Waals surface area contributed by atoms with Crippen LogP contribution >= 0.6 is 0 Å². The van der Waals surface area contributed by atoms with Gasteiger partial charge in [-0.1, -0.05) is 6.92 Å². The maximum atomic E-state index is 11.7. The van der Waals surface area contributed by atoms with Gasteiger partial charge in [0.15, 0.2) is 0 Å². The Labute approximate surface area is 110 Å². The second-order valence-corrected chi connectivity index (χ2v) is 6.49. The normalized spacial score (nSPS) is 19.9. The van der Waals surface area contributed by atoms with Crippen LogP contribution in [0.4, 0.5) is 0 Å². The molecule has 0 bridgehead atoms. The number of nitrogens with one attached hydrogen (secondary N) is 3. The first kappa shape index (κ1) is 15.8. The number of rotatable bonds is 8. The van der Waals surface area contributed by atoms with Crippen molar-refractivity contribution in [1.29, 1.82) is 0 Å². The zero-order chi connectivity index (χ0) is 13.5. The van der Waals surface area contributed by atoms with Gasteiger partial charge in [0.2, 0.25) is 0 Å². The molecule has 0 aromatic carbocycles. The highest BCUT2D eigenvalue weighted by Crippen LogP contribution is 2.28. The van der Waals surface area contributed by atoms with Gasteiger partial charge in [-0.2, -0.15) is 8.42 Å². The lowest BCUT2D eigenvalue weighted by atomic mass is 9.80. The van der Waals surface area contributed by atoms with Gasteiger partial charge in [0.05, 0.1) is 6.61 Å². The zero-order valence-corrected chi connectivity index (χ0v) is 12.1. The Balaban J connectivity index is 2.51. The van der Waals surface area contributed by atoms with Crippen molar-refractivity contribution in [3.8, 4) is 0 Å². The summed E-state index contributed by atoms with van der Waals surface area (Å²) in [5, 5.41) is 3.28. The van der Waals surface area contributed by atoms with E-state index in [1.165, 1.54) is 0 Å². The SMILES string of the molecule is CCCNS(=O)(=O)NCC1(COC)CCNCC1. The molecule has 1 fully saturated rings. The minimum absolute atomic E-state index is 0.0824. The van der Waals surface area contributed by atoms with E-state index in [9.17, 15) is 8.42 Å². The average Bonchev–Trinajstić information content (AvgIpc) is 2.36. The Morgan fingerprint density at radius 1 is 1.28 bits per heavy atom. The summed E-state index contributed by atoms with van der Waals surface area (Å²) in [6.07, 6.45) is 2.64. The van der Waals surface area contributed by atoms with Gasteiger partial charge in [0.1, 0.15) is 0 Å². The molecule has 1 saturated heterocycles. The lowest BCUT2D eigenvalue weighted by molar-refractivity contribution is 0.0576. The van der Waals surface area contributed by atoms with E-state index < -0.39 is 10.2 Å². The van der Waals surface area contributed by atoms with Crippen LogP contribution in [0, 0.1) is 5.41 Å². The second-order valence-electron chi connectivity index (χ2n) is 4.90. The summed E-state index contributed by atoms with van der Waals surface area (Å²) in [6.45, 7) is 5.24. The molecule has 6 nitrogen and oxygen atoms in total. The van der Waals surface area contributed by atoms with E-state index >= 15 is 0 Å². The predicted molar refractivity (Wildman–Crippen MR) is 71.6 cm³/mol. The first-order valence-corrected chi connectivity index (χ1v) is 7.96. The molecule has 0 unspecified atom stereocenters. The smallest absolute Gasteiger partial charge is 0.276 e. The van der Waals surface area contributed by atoms with E-state index in [0.717, 1.165) is 32.4 Å². The Bertz CT molecular complexity index is 321. The molecule has 1 aliphatic rings. The highest BCUT2D eigenvalue weighted by molar-refractivity contribution is 7.87. The Morgan fingerprint density at radius 2 is 1.94 bits per heavy atom. The van der Waals surface area contributed by atoms with Crippen molar-refractivity contribution in [2.45, 2.75) is 26.2 Å². The van der Waals surface area contributed by atoms with Crippen molar-refractivity contribution in [2.75, 3.05) is 39.9 Å². The Morgan fingerprint density at radius 3 is 2.50 bits per heavy atom. The molecule has 0 spiro atoms. The van der Waals surface area contributed by atoms with Gasteiger partial charge in [-0.3, -0.25) is 0 Å². The Hall–Kier alpha value is -0.210. The lowest BCUT2D eigenvalue weighted by Crippen LogP contribution is -2.49. The fourth-order valence-corrected chi connectivity index (χ4v) is 3.24. The molecule has 0 aromatic rings. The molecular formula is C11H25N3O3S. The molecule has 18 heavy (non-hydrogen) atoms. The first-order valence-electron chi connectivity index (χ1n) is 6.47. The van der Waals surface area contributed by atoms with E-state index in [1.807, 2.05) is 6.92 Å². The van der Waals surface area contributed by atoms with Crippen LogP contribution < -0.4 is 14.8 Å². The highest BCUT2D eigenvalue weighted by Gasteiger charge is 2.33. The number of piperidine rings is 1. The van der Waals surface area contributed by atoms with Crippen LogP contribution in [0.15, 0.2) is 0 Å². The van der Waals surface area contributed by atoms with Gasteiger partial charge >= 0.3 is 0 Å². The molecule has 1 heterocycles. The Kier molecular flexibility index (Phi) is 6.51. The molecule has 0 saturated carbocycles. The minimum atomic E-state index is -3.38. The summed E-state index contributed by atoms with van der Waals surface area (Å²) in [4.78, 5) is 0. The van der Waals surface area contributed by atoms with Crippen molar-refractivity contribution >= 4 is 10.2 Å². The summed E-state index contributed by atoms with van der Waals surface area (Å²) in [6, 6.07) is 0. The van der Waals surface area contributed by atoms with Crippen molar-refractivity contribution < 1.29 is 13.2 Å². The second kappa shape index (κ2) is 7.40. The van der Waals surface area contributed by atoms with E-state index in [2.05, 4.69) is 14.8 Å². The number of methoxy groups -OCH3 is 1. The summed E-state index contributed by atoms with van der Waals surface area (Å²) in [5.41, 5.74) is -0.0824. The third-order valence-electron chi connectivity index (χ3n) is 3.29. The van der Waals surface area contributed by atoms with Gasteiger partial charge < -0.3 is 10.1 Å². The van der Waals surface area contributed by atoms with E-state index in [1.54, 1.807) is 7.11 Å². The topological polar surface area (TPSA) is 79.5 Å². The molecule has 1 rings (SSSR count). The van der Waals surface area contributed by atoms with Crippen LogP contribution in [-0.2, 0) is 14.9 Å². The van der Waals surface area contributed by atoms with Crippen molar-refractivity contribution in [3.63, 3.8) is 0 Å². The predicted octanol–water partition coefficient (Wildman–Crippen LogP) is -0.163. The monoisotopic (exact) mass is 279 g/mol. The summed E-state index contributed by atoms with van der Waals surface area (Å²) >= 11 is 0. The standard InChI is InChI=1S/C11H25N3O3S/c1-3-6-13-18(15,16)14-9-11(10-17-2)4-7-12-8-5-11/h12-14H,3-10H2,1-2H3. The van der Waals surface area contributed by atoms with E-state index in [4.69, 9.17) is 4.74 Å². The maximum absolute atomic E-state index is 11.7. The summed E-state index contributed by atoms with van der Waals surface area (Å²) in [7, 11) is -1.72. The molecule has 7 heteroatoms. The molecular weight excluding hydrogens is 254 g/mol. The third-order valence-corrected chi connectivity index (χ3v) is 4.40. The molecule has 0 atom stereocenters. The van der Waals surface area contributed by atoms with E-state index in [0.29, 0.717) is 19.7 Å². The van der Waals surface area contributed by atoms with Crippen LogP contribution in [-0.4, -0.2) is 48.3 Å². The highest BCUT2D eigenvalue weighted by atomic mass is 32.2. The molecule has 0 radical (unpaired) electrons. The lowest BCUT2D eigenvalue weighted by Gasteiger charge is -2.37. The van der Waals surface area contributed by atoms with E-state index in [-0.39, 0.29) is 5.41 Å². The number of hydrogen-bond acceptors (Lipinski definition) is 4. The van der Waals surface area contributed by atoms with Crippen LogP contribution in [0.5, 0.6) is 0 Å². The third kappa shape index (κ3) is 5.19. The number of hydrogen-bond donors (Lipinski definition) is 3. The fourth-order valence-electron chi connectivity index (χ4n) is 2.17. The molecule has 0 aromatic heterocycles. The summed E-state index contributed by atoms with van der Waals surface area (Å²) in [5.74, 6) is 0. The minimum Gasteiger partial charge on any atom is -0.384 e. The fraction of sp³-hybridized carbons (Fsp3) is 1.00. The zero-order valence-electron chi connectivity index (χ0n) is 11.3. The quantitative estimate of drug-likeness (QED) is 0.577. The van der Waals surface area contributed by atoms with Gasteiger partial charge in [0.25, 0.3) is 10.2 Å². The summed E-state index contributed by atoms with van der Waals surface area (Å²) < 4.78 is 33.8. The van der Waals surface area contributed by atoms with Crippen LogP contribution in [0.3, 0.4) is 0 Å². The van der Waals surface area contributed by atoms with Crippen molar-refractivity contribution in [2.24, 2.45) is 5.41 Å². The van der Waals surface area contributed by atoms with Gasteiger partial charge in [-0.25, -0.2) is 9.44 Å². The molecule has 3 N–H and O–H groups in total. The van der Waals surface area contributed by atoms with Gasteiger partial charge in [0, 0.05) is 25.6 Å². The average molecular weight is 279 g/mol. The van der Waals surface area contributed by atoms with Gasteiger partial charge in [-0.05, 0) is 32.4 Å². The van der Waals surface area contributed by atoms with Crippen LogP contribution in [0.1, 0.15) is 26.2 Å². The van der Waals surface area contributed by atoms with Crippen LogP contribution in [0.25, 0.3) is 0 Å². The van der Waals surface area contributed by atoms with Crippen molar-refractivity contribution in [3.05, 3.63) is 0 Å². The number of ether oxygens (including phenoxy) is 1. The largest absolute Gasteiger partial charge is 0.384 e. The molecule has 0 amide bonds. The van der Waals surface area contributed by atoms with Crippen LogP contribution in [0.2, 0.25) is 0 Å². The molecule has 108 valence electrons. The molecule has 1 aliphatic heterocycles. The van der Waals surface area contributed by atoms with Crippen molar-refractivity contribution in [1.82, 2.24) is 14.8 Å². The maximum Gasteiger partial charge on any atom is 0.276 e. The first-order chi connectivity index (χ1) is 8.54. The molecule has 0 aliphatic carbocycles. The van der Waals surface area contributed by atoms with Gasteiger partial charge in [-0.15, -0.1) is 0 Å².